The summed E-state index contributed by atoms with van der Waals surface area (Å²) in [5.74, 6) is 0.753. The van der Waals surface area contributed by atoms with Crippen molar-refractivity contribution >= 4 is 54.8 Å². The molecular weight excluding hydrogens is 432 g/mol. The molecule has 0 saturated heterocycles. The molecule has 1 aromatic heterocycles. The maximum Gasteiger partial charge on any atom is 0.0854 e. The van der Waals surface area contributed by atoms with Crippen molar-refractivity contribution in [1.82, 2.24) is 0 Å². The highest BCUT2D eigenvalue weighted by molar-refractivity contribution is 9.12. The minimum atomic E-state index is -0.0951. The van der Waals surface area contributed by atoms with Gasteiger partial charge >= 0.3 is 0 Å². The molecule has 1 aliphatic carbocycles. The lowest BCUT2D eigenvalue weighted by Gasteiger charge is -2.22. The van der Waals surface area contributed by atoms with E-state index in [-0.39, 0.29) is 5.38 Å². The molecule has 0 amide bonds. The van der Waals surface area contributed by atoms with Crippen LogP contribution >= 0.6 is 54.8 Å². The standard InChI is InChI=1S/C17H17Br2ClS/c18-15-10-14(17(19)21-15)16(20)13-8-6-12(7-9-13)11-4-2-1-3-5-11/h6-11,16H,1-5H2. The van der Waals surface area contributed by atoms with Gasteiger partial charge < -0.3 is 0 Å². The number of rotatable bonds is 3. The van der Waals surface area contributed by atoms with Gasteiger partial charge in [-0.25, -0.2) is 0 Å². The molecule has 1 aliphatic rings. The Morgan fingerprint density at radius 3 is 2.29 bits per heavy atom. The number of halogens is 3. The topological polar surface area (TPSA) is 0 Å². The Hall–Kier alpha value is 0.170. The molecule has 3 rings (SSSR count). The molecule has 1 atom stereocenters. The summed E-state index contributed by atoms with van der Waals surface area (Å²) in [6, 6.07) is 11.0. The number of benzene rings is 1. The monoisotopic (exact) mass is 446 g/mol. The maximum atomic E-state index is 6.64. The molecule has 4 heteroatoms. The molecule has 0 bridgehead atoms. The molecule has 0 nitrogen and oxygen atoms in total. The van der Waals surface area contributed by atoms with Gasteiger partial charge in [0, 0.05) is 5.56 Å². The predicted octanol–water partition coefficient (Wildman–Crippen LogP) is 7.65. The average Bonchev–Trinajstić information content (AvgIpc) is 2.86. The van der Waals surface area contributed by atoms with Crippen LogP contribution in [0.1, 0.15) is 60.1 Å². The van der Waals surface area contributed by atoms with Crippen molar-refractivity contribution in [3.63, 3.8) is 0 Å². The van der Waals surface area contributed by atoms with E-state index in [9.17, 15) is 0 Å². The first-order valence-electron chi connectivity index (χ1n) is 7.34. The van der Waals surface area contributed by atoms with Gasteiger partial charge in [0.15, 0.2) is 0 Å². The van der Waals surface area contributed by atoms with Crippen molar-refractivity contribution in [2.24, 2.45) is 0 Å². The highest BCUT2D eigenvalue weighted by Crippen LogP contribution is 2.41. The number of alkyl halides is 1. The molecule has 1 heterocycles. The molecule has 112 valence electrons. The number of hydrogen-bond acceptors (Lipinski definition) is 1. The SMILES string of the molecule is ClC(c1ccc(C2CCCCC2)cc1)c1cc(Br)sc1Br. The number of thiophene rings is 1. The second kappa shape index (κ2) is 7.16. The summed E-state index contributed by atoms with van der Waals surface area (Å²) in [5, 5.41) is -0.0951. The van der Waals surface area contributed by atoms with Crippen LogP contribution in [0.5, 0.6) is 0 Å². The van der Waals surface area contributed by atoms with Gasteiger partial charge in [0.2, 0.25) is 0 Å². The first-order valence-corrected chi connectivity index (χ1v) is 10.2. The molecule has 2 aromatic rings. The van der Waals surface area contributed by atoms with Crippen LogP contribution in [0.15, 0.2) is 37.9 Å². The fourth-order valence-corrected chi connectivity index (χ4v) is 6.49. The van der Waals surface area contributed by atoms with Gasteiger partial charge in [-0.05, 0) is 67.8 Å². The Morgan fingerprint density at radius 1 is 1.05 bits per heavy atom. The quantitative estimate of drug-likeness (QED) is 0.423. The predicted molar refractivity (Wildman–Crippen MR) is 99.7 cm³/mol. The lowest BCUT2D eigenvalue weighted by molar-refractivity contribution is 0.443. The van der Waals surface area contributed by atoms with Gasteiger partial charge in [0.25, 0.3) is 0 Å². The zero-order valence-electron chi connectivity index (χ0n) is 11.6. The van der Waals surface area contributed by atoms with Crippen molar-refractivity contribution < 1.29 is 0 Å². The molecular formula is C17H17Br2ClS. The van der Waals surface area contributed by atoms with Crippen LogP contribution in [0.3, 0.4) is 0 Å². The lowest BCUT2D eigenvalue weighted by atomic mass is 9.84. The maximum absolute atomic E-state index is 6.64. The first kappa shape index (κ1) is 16.0. The van der Waals surface area contributed by atoms with E-state index in [1.807, 2.05) is 0 Å². The molecule has 0 radical (unpaired) electrons. The van der Waals surface area contributed by atoms with E-state index in [2.05, 4.69) is 62.2 Å². The highest BCUT2D eigenvalue weighted by Gasteiger charge is 2.19. The average molecular weight is 449 g/mol. The Balaban J connectivity index is 1.78. The van der Waals surface area contributed by atoms with Gasteiger partial charge in [-0.1, -0.05) is 43.5 Å². The summed E-state index contributed by atoms with van der Waals surface area (Å²) in [5.41, 5.74) is 3.79. The largest absolute Gasteiger partial charge is 0.121 e. The minimum Gasteiger partial charge on any atom is -0.121 e. The van der Waals surface area contributed by atoms with Crippen LogP contribution < -0.4 is 0 Å². The molecule has 21 heavy (non-hydrogen) atoms. The highest BCUT2D eigenvalue weighted by atomic mass is 79.9. The molecule has 1 unspecified atom stereocenters. The van der Waals surface area contributed by atoms with Crippen LogP contribution in [0.4, 0.5) is 0 Å². The van der Waals surface area contributed by atoms with E-state index < -0.39 is 0 Å². The fraction of sp³-hybridized carbons (Fsp3) is 0.412. The van der Waals surface area contributed by atoms with Crippen LogP contribution in [-0.2, 0) is 0 Å². The summed E-state index contributed by atoms with van der Waals surface area (Å²) in [6.07, 6.45) is 6.83. The van der Waals surface area contributed by atoms with Gasteiger partial charge in [0.1, 0.15) is 0 Å². The fourth-order valence-electron chi connectivity index (χ4n) is 3.08. The summed E-state index contributed by atoms with van der Waals surface area (Å²) in [6.45, 7) is 0. The smallest absolute Gasteiger partial charge is 0.0854 e. The zero-order chi connectivity index (χ0) is 14.8. The third-order valence-corrected chi connectivity index (χ3v) is 7.13. The van der Waals surface area contributed by atoms with Crippen molar-refractivity contribution in [2.45, 2.75) is 43.4 Å². The molecule has 1 fully saturated rings. The summed E-state index contributed by atoms with van der Waals surface area (Å²) in [4.78, 5) is 0. The van der Waals surface area contributed by atoms with E-state index in [4.69, 9.17) is 11.6 Å². The third-order valence-electron chi connectivity index (χ3n) is 4.26. The van der Waals surface area contributed by atoms with Gasteiger partial charge in [-0.3, -0.25) is 0 Å². The van der Waals surface area contributed by atoms with Gasteiger partial charge in [-0.15, -0.1) is 22.9 Å². The Kier molecular flexibility index (Phi) is 5.47. The molecule has 0 aliphatic heterocycles. The lowest BCUT2D eigenvalue weighted by Crippen LogP contribution is -2.04. The van der Waals surface area contributed by atoms with Gasteiger partial charge in [0.05, 0.1) is 12.9 Å². The molecule has 1 aromatic carbocycles. The minimum absolute atomic E-state index is 0.0951. The van der Waals surface area contributed by atoms with E-state index in [0.717, 1.165) is 19.1 Å². The number of hydrogen-bond donors (Lipinski definition) is 0. The Morgan fingerprint density at radius 2 is 1.71 bits per heavy atom. The van der Waals surface area contributed by atoms with Crippen molar-refractivity contribution in [1.29, 1.82) is 0 Å². The van der Waals surface area contributed by atoms with Crippen molar-refractivity contribution in [2.75, 3.05) is 0 Å². The normalized spacial score (nSPS) is 17.9. The Bertz CT molecular complexity index is 600. The first-order chi connectivity index (χ1) is 10.1. The third kappa shape index (κ3) is 3.74. The van der Waals surface area contributed by atoms with Crippen LogP contribution in [-0.4, -0.2) is 0 Å². The molecule has 0 N–H and O–H groups in total. The van der Waals surface area contributed by atoms with Crippen LogP contribution in [0.2, 0.25) is 0 Å². The van der Waals surface area contributed by atoms with E-state index in [0.29, 0.717) is 0 Å². The summed E-state index contributed by atoms with van der Waals surface area (Å²) in [7, 11) is 0. The summed E-state index contributed by atoms with van der Waals surface area (Å²) < 4.78 is 2.21. The second-order valence-corrected chi connectivity index (χ2v) is 9.83. The second-order valence-electron chi connectivity index (χ2n) is 5.64. The van der Waals surface area contributed by atoms with Gasteiger partial charge in [-0.2, -0.15) is 0 Å². The van der Waals surface area contributed by atoms with Crippen LogP contribution in [0, 0.1) is 0 Å². The summed E-state index contributed by atoms with van der Waals surface area (Å²) >= 11 is 15.4. The van der Waals surface area contributed by atoms with E-state index in [1.54, 1.807) is 11.3 Å². The van der Waals surface area contributed by atoms with Crippen molar-refractivity contribution in [3.05, 3.63) is 54.6 Å². The van der Waals surface area contributed by atoms with E-state index >= 15 is 0 Å². The van der Waals surface area contributed by atoms with Crippen molar-refractivity contribution in [3.8, 4) is 0 Å². The van der Waals surface area contributed by atoms with E-state index in [1.165, 1.54) is 43.2 Å². The molecule has 0 spiro atoms. The van der Waals surface area contributed by atoms with Crippen LogP contribution in [0.25, 0.3) is 0 Å². The molecule has 1 saturated carbocycles. The Labute approximate surface area is 152 Å². The zero-order valence-corrected chi connectivity index (χ0v) is 16.4.